The number of fused-ring (bicyclic) bond motifs is 1. The van der Waals surface area contributed by atoms with E-state index in [-0.39, 0.29) is 11.9 Å². The Hall–Kier alpha value is -3.27. The lowest BCUT2D eigenvalue weighted by Crippen LogP contribution is -2.48. The van der Waals surface area contributed by atoms with Crippen LogP contribution in [-0.4, -0.2) is 50.0 Å². The van der Waals surface area contributed by atoms with Crippen LogP contribution in [0.5, 0.6) is 0 Å². The molecule has 2 N–H and O–H groups in total. The summed E-state index contributed by atoms with van der Waals surface area (Å²) >= 11 is 1.49. The number of hydrogen-bond acceptors (Lipinski definition) is 7. The minimum Gasteiger partial charge on any atom is -0.451 e. The zero-order valence-electron chi connectivity index (χ0n) is 17.1. The lowest BCUT2D eigenvalue weighted by molar-refractivity contribution is 0.0906. The average molecular weight is 438 g/mol. The van der Waals surface area contributed by atoms with Crippen molar-refractivity contribution in [2.75, 3.05) is 18.0 Å². The van der Waals surface area contributed by atoms with E-state index in [9.17, 15) is 4.79 Å². The van der Waals surface area contributed by atoms with Crippen molar-refractivity contribution in [2.45, 2.75) is 29.8 Å². The van der Waals surface area contributed by atoms with Crippen LogP contribution in [0.1, 0.15) is 29.0 Å². The van der Waals surface area contributed by atoms with Gasteiger partial charge in [-0.2, -0.15) is 10.2 Å². The SMILES string of the molecule is Cn1nccc1N1CCC[C@H](NC(=O)c2oc3ccccc3c2CSc2ncn[nH]2)C1. The maximum absolute atomic E-state index is 13.2. The van der Waals surface area contributed by atoms with E-state index >= 15 is 0 Å². The topological polar surface area (TPSA) is 105 Å². The molecule has 0 spiro atoms. The number of aryl methyl sites for hydroxylation is 1. The van der Waals surface area contributed by atoms with Gasteiger partial charge in [0, 0.05) is 48.9 Å². The average Bonchev–Trinajstić information content (AvgIpc) is 3.52. The molecule has 10 heteroatoms. The number of nitrogens with zero attached hydrogens (tertiary/aromatic N) is 5. The summed E-state index contributed by atoms with van der Waals surface area (Å²) in [4.78, 5) is 19.7. The highest BCUT2D eigenvalue weighted by Gasteiger charge is 2.27. The van der Waals surface area contributed by atoms with Gasteiger partial charge in [0.1, 0.15) is 17.7 Å². The third-order valence-corrected chi connectivity index (χ3v) is 6.43. The number of H-pyrrole nitrogens is 1. The molecule has 0 saturated carbocycles. The molecule has 9 nitrogen and oxygen atoms in total. The van der Waals surface area contributed by atoms with Gasteiger partial charge in [-0.25, -0.2) is 4.98 Å². The molecule has 0 unspecified atom stereocenters. The van der Waals surface area contributed by atoms with Gasteiger partial charge in [0.2, 0.25) is 0 Å². The maximum Gasteiger partial charge on any atom is 0.287 e. The Kier molecular flexibility index (Phi) is 5.37. The molecule has 1 atom stereocenters. The molecule has 4 aromatic rings. The van der Waals surface area contributed by atoms with Crippen molar-refractivity contribution in [1.29, 1.82) is 0 Å². The summed E-state index contributed by atoms with van der Waals surface area (Å²) in [5, 5.41) is 15.8. The fourth-order valence-corrected chi connectivity index (χ4v) is 4.87. The van der Waals surface area contributed by atoms with Gasteiger partial charge in [-0.05, 0) is 18.9 Å². The van der Waals surface area contributed by atoms with Crippen LogP contribution in [0, 0.1) is 0 Å². The van der Waals surface area contributed by atoms with E-state index in [1.165, 1.54) is 18.1 Å². The van der Waals surface area contributed by atoms with Gasteiger partial charge in [-0.3, -0.25) is 14.6 Å². The number of thioether (sulfide) groups is 1. The standard InChI is InChI=1S/C21H23N7O2S/c1-27-18(8-9-24-27)28-10-4-5-14(11-28)25-20(29)19-16(12-31-21-22-13-23-26-21)15-6-2-3-7-17(15)30-19/h2-3,6-9,13-14H,4-5,10-12H2,1H3,(H,25,29)(H,22,23,26)/t14-/m0/s1. The molecule has 3 aromatic heterocycles. The summed E-state index contributed by atoms with van der Waals surface area (Å²) in [5.41, 5.74) is 1.58. The fraction of sp³-hybridized carbons (Fsp3) is 0.333. The van der Waals surface area contributed by atoms with E-state index in [2.05, 4.69) is 30.5 Å². The Balaban J connectivity index is 1.35. The number of piperidine rings is 1. The number of anilines is 1. The normalized spacial score (nSPS) is 16.7. The number of carbonyl (C=O) groups is 1. The Labute approximate surface area is 183 Å². The van der Waals surface area contributed by atoms with E-state index in [4.69, 9.17) is 4.42 Å². The van der Waals surface area contributed by atoms with Crippen LogP contribution in [0.25, 0.3) is 11.0 Å². The van der Waals surface area contributed by atoms with Gasteiger partial charge in [-0.1, -0.05) is 30.0 Å². The van der Waals surface area contributed by atoms with Crippen LogP contribution in [0.4, 0.5) is 5.82 Å². The Morgan fingerprint density at radius 1 is 1.35 bits per heavy atom. The first-order chi connectivity index (χ1) is 15.2. The van der Waals surface area contributed by atoms with E-state index < -0.39 is 0 Å². The number of furan rings is 1. The third kappa shape index (κ3) is 4.02. The molecular formula is C21H23N7O2S. The van der Waals surface area contributed by atoms with Gasteiger partial charge < -0.3 is 14.6 Å². The highest BCUT2D eigenvalue weighted by atomic mass is 32.2. The second kappa shape index (κ2) is 8.46. The van der Waals surface area contributed by atoms with Crippen molar-refractivity contribution >= 4 is 34.5 Å². The molecule has 0 bridgehead atoms. The summed E-state index contributed by atoms with van der Waals surface area (Å²) in [6.45, 7) is 1.70. The number of hydrogen-bond donors (Lipinski definition) is 2. The first-order valence-corrected chi connectivity index (χ1v) is 11.2. The van der Waals surface area contributed by atoms with Gasteiger partial charge in [0.15, 0.2) is 10.9 Å². The van der Waals surface area contributed by atoms with Crippen LogP contribution in [-0.2, 0) is 12.8 Å². The predicted molar refractivity (Wildman–Crippen MR) is 118 cm³/mol. The molecule has 1 saturated heterocycles. The molecule has 1 aliphatic heterocycles. The highest BCUT2D eigenvalue weighted by Crippen LogP contribution is 2.31. The van der Waals surface area contributed by atoms with Crippen LogP contribution < -0.4 is 10.2 Å². The molecule has 1 aliphatic rings. The predicted octanol–water partition coefficient (Wildman–Crippen LogP) is 2.98. The second-order valence-electron chi connectivity index (χ2n) is 7.56. The monoisotopic (exact) mass is 437 g/mol. The number of benzene rings is 1. The van der Waals surface area contributed by atoms with Crippen molar-refractivity contribution < 1.29 is 9.21 Å². The summed E-state index contributed by atoms with van der Waals surface area (Å²) in [6.07, 6.45) is 5.21. The van der Waals surface area contributed by atoms with E-state index in [1.807, 2.05) is 42.1 Å². The minimum atomic E-state index is -0.179. The summed E-state index contributed by atoms with van der Waals surface area (Å²) in [6, 6.07) is 9.78. The number of aromatic nitrogens is 5. The largest absolute Gasteiger partial charge is 0.451 e. The van der Waals surface area contributed by atoms with E-state index in [0.29, 0.717) is 22.3 Å². The van der Waals surface area contributed by atoms with Gasteiger partial charge in [0.05, 0.1) is 6.20 Å². The number of amides is 1. The zero-order valence-corrected chi connectivity index (χ0v) is 17.9. The van der Waals surface area contributed by atoms with E-state index in [0.717, 1.165) is 42.7 Å². The van der Waals surface area contributed by atoms with Gasteiger partial charge >= 0.3 is 0 Å². The number of para-hydroxylation sites is 1. The smallest absolute Gasteiger partial charge is 0.287 e. The Morgan fingerprint density at radius 2 is 2.26 bits per heavy atom. The number of rotatable bonds is 6. The highest BCUT2D eigenvalue weighted by molar-refractivity contribution is 7.98. The van der Waals surface area contributed by atoms with Crippen LogP contribution in [0.3, 0.4) is 0 Å². The molecule has 0 aliphatic carbocycles. The molecular weight excluding hydrogens is 414 g/mol. The third-order valence-electron chi connectivity index (χ3n) is 5.53. The molecule has 160 valence electrons. The van der Waals surface area contributed by atoms with E-state index in [1.54, 1.807) is 6.20 Å². The molecule has 1 aromatic carbocycles. The molecule has 5 rings (SSSR count). The first kappa shape index (κ1) is 19.7. The molecule has 0 radical (unpaired) electrons. The quantitative estimate of drug-likeness (QED) is 0.447. The molecule has 1 amide bonds. The lowest BCUT2D eigenvalue weighted by atomic mass is 10.1. The van der Waals surface area contributed by atoms with Gasteiger partial charge in [0.25, 0.3) is 5.91 Å². The fourth-order valence-electron chi connectivity index (χ4n) is 4.06. The Morgan fingerprint density at radius 3 is 3.06 bits per heavy atom. The number of carbonyl (C=O) groups excluding carboxylic acids is 1. The van der Waals surface area contributed by atoms with Crippen molar-refractivity contribution in [3.63, 3.8) is 0 Å². The zero-order chi connectivity index (χ0) is 21.2. The van der Waals surface area contributed by atoms with Crippen molar-refractivity contribution in [3.8, 4) is 0 Å². The molecule has 31 heavy (non-hydrogen) atoms. The van der Waals surface area contributed by atoms with Crippen LogP contribution >= 0.6 is 11.8 Å². The summed E-state index contributed by atoms with van der Waals surface area (Å²) in [7, 11) is 1.93. The summed E-state index contributed by atoms with van der Waals surface area (Å²) < 4.78 is 7.85. The number of nitrogens with one attached hydrogen (secondary N) is 2. The molecule has 1 fully saturated rings. The van der Waals surface area contributed by atoms with Gasteiger partial charge in [-0.15, -0.1) is 0 Å². The Bertz CT molecular complexity index is 1180. The molecule has 4 heterocycles. The minimum absolute atomic E-state index is 0.0409. The maximum atomic E-state index is 13.2. The lowest BCUT2D eigenvalue weighted by Gasteiger charge is -2.34. The van der Waals surface area contributed by atoms with Crippen LogP contribution in [0.2, 0.25) is 0 Å². The van der Waals surface area contributed by atoms with Crippen molar-refractivity contribution in [2.24, 2.45) is 7.05 Å². The number of aromatic amines is 1. The van der Waals surface area contributed by atoms with Crippen LogP contribution in [0.15, 0.2) is 52.4 Å². The second-order valence-corrected chi connectivity index (χ2v) is 8.52. The first-order valence-electron chi connectivity index (χ1n) is 10.2. The van der Waals surface area contributed by atoms with Crippen molar-refractivity contribution in [1.82, 2.24) is 30.3 Å². The summed E-state index contributed by atoms with van der Waals surface area (Å²) in [5.74, 6) is 1.81. The van der Waals surface area contributed by atoms with Crippen molar-refractivity contribution in [3.05, 3.63) is 54.2 Å².